The van der Waals surface area contributed by atoms with Crippen LogP contribution in [-0.4, -0.2) is 19.4 Å². The Bertz CT molecular complexity index is 202. The van der Waals surface area contributed by atoms with Crippen molar-refractivity contribution in [2.24, 2.45) is 5.41 Å². The van der Waals surface area contributed by atoms with Crippen LogP contribution in [0.25, 0.3) is 0 Å². The van der Waals surface area contributed by atoms with Gasteiger partial charge in [0.05, 0.1) is 11.0 Å². The summed E-state index contributed by atoms with van der Waals surface area (Å²) in [6, 6.07) is 0. The normalized spacial score (nSPS) is 30.0. The first-order valence-corrected chi connectivity index (χ1v) is 4.99. The zero-order valence-corrected chi connectivity index (χ0v) is 9.98. The molecule has 1 saturated carbocycles. The third-order valence-electron chi connectivity index (χ3n) is 2.81. The predicted octanol–water partition coefficient (Wildman–Crippen LogP) is 3.13. The molecule has 0 amide bonds. The van der Waals surface area contributed by atoms with E-state index in [1.165, 1.54) is 0 Å². The van der Waals surface area contributed by atoms with Crippen LogP contribution in [0.15, 0.2) is 0 Å². The summed E-state index contributed by atoms with van der Waals surface area (Å²) >= 11 is 23.5. The summed E-state index contributed by atoms with van der Waals surface area (Å²) in [7, 11) is 0. The third kappa shape index (κ3) is 0.923. The minimum Gasteiger partial charge on any atom is -0.390 e. The predicted molar refractivity (Wildman–Crippen MR) is 53.3 cm³/mol. The van der Waals surface area contributed by atoms with E-state index in [1.54, 1.807) is 20.8 Å². The van der Waals surface area contributed by atoms with Gasteiger partial charge >= 0.3 is 0 Å². The van der Waals surface area contributed by atoms with Crippen molar-refractivity contribution in [1.82, 2.24) is 0 Å². The van der Waals surface area contributed by atoms with Gasteiger partial charge in [-0.15, -0.1) is 0 Å². The fraction of sp³-hybridized carbons (Fsp3) is 1.00. The van der Waals surface area contributed by atoms with Crippen LogP contribution in [-0.2, 0) is 0 Å². The second-order valence-corrected chi connectivity index (χ2v) is 6.49. The molecule has 1 nitrogen and oxygen atoms in total. The number of hydrogen-bond donors (Lipinski definition) is 1. The second-order valence-electron chi connectivity index (χ2n) is 3.83. The Labute approximate surface area is 91.9 Å². The van der Waals surface area contributed by atoms with Gasteiger partial charge < -0.3 is 5.11 Å². The highest BCUT2D eigenvalue weighted by Gasteiger charge is 2.88. The van der Waals surface area contributed by atoms with Gasteiger partial charge in [-0.3, -0.25) is 0 Å². The smallest absolute Gasteiger partial charge is 0.162 e. The lowest BCUT2D eigenvalue weighted by Gasteiger charge is -2.27. The van der Waals surface area contributed by atoms with E-state index in [2.05, 4.69) is 0 Å². The van der Waals surface area contributed by atoms with E-state index < -0.39 is 19.7 Å². The fourth-order valence-electron chi connectivity index (χ4n) is 1.31. The van der Waals surface area contributed by atoms with Gasteiger partial charge in [0, 0.05) is 0 Å². The summed E-state index contributed by atoms with van der Waals surface area (Å²) in [4.78, 5) is 0. The minimum absolute atomic E-state index is 0.904. The second kappa shape index (κ2) is 2.38. The van der Waals surface area contributed by atoms with E-state index in [-0.39, 0.29) is 0 Å². The average molecular weight is 252 g/mol. The van der Waals surface area contributed by atoms with E-state index in [0.717, 1.165) is 0 Å². The van der Waals surface area contributed by atoms with Crippen molar-refractivity contribution in [3.8, 4) is 0 Å². The number of halogens is 4. The van der Waals surface area contributed by atoms with Crippen molar-refractivity contribution in [3.05, 3.63) is 0 Å². The molecule has 1 aliphatic carbocycles. The van der Waals surface area contributed by atoms with Gasteiger partial charge in [0.15, 0.2) is 8.67 Å². The number of aliphatic hydroxyl groups is 1. The van der Waals surface area contributed by atoms with Gasteiger partial charge in [-0.25, -0.2) is 0 Å². The topological polar surface area (TPSA) is 20.2 Å². The minimum atomic E-state index is -1.29. The molecule has 1 fully saturated rings. The van der Waals surface area contributed by atoms with Crippen molar-refractivity contribution < 1.29 is 5.11 Å². The maximum atomic E-state index is 9.75. The van der Waals surface area contributed by atoms with Gasteiger partial charge in [0.2, 0.25) is 0 Å². The standard InChI is InChI=1S/C7H10Cl4O/c1-4(2,12)5(3)6(8,9)7(5,10)11/h12H,1-3H3. The van der Waals surface area contributed by atoms with Crippen LogP contribution in [0.4, 0.5) is 0 Å². The Balaban J connectivity index is 3.09. The van der Waals surface area contributed by atoms with E-state index in [1.807, 2.05) is 0 Å². The molecule has 72 valence electrons. The third-order valence-corrected chi connectivity index (χ3v) is 5.84. The number of alkyl halides is 4. The molecule has 1 N–H and O–H groups in total. The molecule has 0 unspecified atom stereocenters. The molecule has 0 aromatic carbocycles. The maximum Gasteiger partial charge on any atom is 0.162 e. The largest absolute Gasteiger partial charge is 0.390 e. The van der Waals surface area contributed by atoms with Gasteiger partial charge in [-0.2, -0.15) is 0 Å². The molecular weight excluding hydrogens is 242 g/mol. The molecular formula is C7H10Cl4O. The summed E-state index contributed by atoms with van der Waals surface area (Å²) in [6.45, 7) is 4.82. The maximum absolute atomic E-state index is 9.75. The Morgan fingerprint density at radius 3 is 1.25 bits per heavy atom. The van der Waals surface area contributed by atoms with Crippen molar-refractivity contribution in [1.29, 1.82) is 0 Å². The first-order chi connectivity index (χ1) is 5.00. The SMILES string of the molecule is CC(C)(O)C1(C)C(Cl)(Cl)C1(Cl)Cl. The molecule has 0 heterocycles. The molecule has 12 heavy (non-hydrogen) atoms. The van der Waals surface area contributed by atoms with Crippen molar-refractivity contribution in [2.75, 3.05) is 0 Å². The Morgan fingerprint density at radius 1 is 1.00 bits per heavy atom. The zero-order valence-electron chi connectivity index (χ0n) is 6.96. The average Bonchev–Trinajstić information content (AvgIpc) is 2.09. The Kier molecular flexibility index (Phi) is 2.22. The summed E-state index contributed by atoms with van der Waals surface area (Å²) in [5, 5.41) is 9.75. The Morgan fingerprint density at radius 2 is 1.25 bits per heavy atom. The highest BCUT2D eigenvalue weighted by molar-refractivity contribution is 6.69. The number of rotatable bonds is 1. The Hall–Kier alpha value is 1.12. The molecule has 1 rings (SSSR count). The fourth-order valence-corrected chi connectivity index (χ4v) is 3.56. The van der Waals surface area contributed by atoms with E-state index >= 15 is 0 Å². The molecule has 1 aliphatic rings. The molecule has 0 aromatic rings. The van der Waals surface area contributed by atoms with Crippen LogP contribution in [0.2, 0.25) is 0 Å². The molecule has 0 saturated heterocycles. The van der Waals surface area contributed by atoms with Crippen LogP contribution in [0, 0.1) is 5.41 Å². The van der Waals surface area contributed by atoms with Gasteiger partial charge in [0.1, 0.15) is 0 Å². The molecule has 0 aliphatic heterocycles. The van der Waals surface area contributed by atoms with Gasteiger partial charge in [-0.1, -0.05) is 53.3 Å². The van der Waals surface area contributed by atoms with Crippen LogP contribution >= 0.6 is 46.4 Å². The van der Waals surface area contributed by atoms with Crippen molar-refractivity contribution in [2.45, 2.75) is 35.0 Å². The molecule has 0 radical (unpaired) electrons. The molecule has 0 atom stereocenters. The highest BCUT2D eigenvalue weighted by atomic mass is 35.5. The first-order valence-electron chi connectivity index (χ1n) is 3.48. The van der Waals surface area contributed by atoms with Gasteiger partial charge in [-0.05, 0) is 13.8 Å². The molecule has 0 aromatic heterocycles. The van der Waals surface area contributed by atoms with Crippen LogP contribution in [0.3, 0.4) is 0 Å². The highest BCUT2D eigenvalue weighted by Crippen LogP contribution is 2.80. The molecule has 0 bridgehead atoms. The van der Waals surface area contributed by atoms with Crippen molar-refractivity contribution in [3.63, 3.8) is 0 Å². The zero-order chi connectivity index (χ0) is 10.0. The van der Waals surface area contributed by atoms with E-state index in [9.17, 15) is 5.11 Å². The quantitative estimate of drug-likeness (QED) is 0.711. The lowest BCUT2D eigenvalue weighted by Crippen LogP contribution is -2.35. The molecule has 5 heteroatoms. The number of hydrogen-bond acceptors (Lipinski definition) is 1. The molecule has 0 spiro atoms. The van der Waals surface area contributed by atoms with E-state index in [4.69, 9.17) is 46.4 Å². The summed E-state index contributed by atoms with van der Waals surface area (Å²) in [6.07, 6.45) is 0. The first kappa shape index (κ1) is 11.2. The van der Waals surface area contributed by atoms with E-state index in [0.29, 0.717) is 0 Å². The van der Waals surface area contributed by atoms with Crippen molar-refractivity contribution >= 4 is 46.4 Å². The van der Waals surface area contributed by atoms with Crippen LogP contribution in [0.5, 0.6) is 0 Å². The monoisotopic (exact) mass is 250 g/mol. The summed E-state index contributed by atoms with van der Waals surface area (Å²) in [5.74, 6) is 0. The summed E-state index contributed by atoms with van der Waals surface area (Å²) in [5.41, 5.74) is -2.01. The summed E-state index contributed by atoms with van der Waals surface area (Å²) < 4.78 is -2.58. The van der Waals surface area contributed by atoms with Gasteiger partial charge in [0.25, 0.3) is 0 Å². The lowest BCUT2D eigenvalue weighted by molar-refractivity contribution is 0.00854. The lowest BCUT2D eigenvalue weighted by atomic mass is 9.89. The van der Waals surface area contributed by atoms with Crippen LogP contribution in [0.1, 0.15) is 20.8 Å². The van der Waals surface area contributed by atoms with Crippen LogP contribution < -0.4 is 0 Å².